The van der Waals surface area contributed by atoms with Gasteiger partial charge in [0, 0.05) is 24.8 Å². The van der Waals surface area contributed by atoms with Gasteiger partial charge in [-0.2, -0.15) is 0 Å². The number of carbonyl (C=O) groups is 1. The molecule has 4 N–H and O–H groups in total. The third-order valence-corrected chi connectivity index (χ3v) is 2.65. The smallest absolute Gasteiger partial charge is 0.220 e. The normalized spacial score (nSPS) is 12.1. The Hall–Kier alpha value is -1.55. The average Bonchev–Trinajstić information content (AvgIpc) is 2.28. The van der Waals surface area contributed by atoms with Crippen molar-refractivity contribution < 1.29 is 9.90 Å². The summed E-state index contributed by atoms with van der Waals surface area (Å²) in [6.45, 7) is 1.97. The summed E-state index contributed by atoms with van der Waals surface area (Å²) in [5.74, 6) is -0.00537. The minimum atomic E-state index is -0.00537. The van der Waals surface area contributed by atoms with Gasteiger partial charge >= 0.3 is 0 Å². The van der Waals surface area contributed by atoms with Crippen LogP contribution in [0.3, 0.4) is 0 Å². The molecule has 0 radical (unpaired) electrons. The van der Waals surface area contributed by atoms with E-state index in [9.17, 15) is 4.79 Å². The summed E-state index contributed by atoms with van der Waals surface area (Å²) in [6.07, 6.45) is 1.65. The fraction of sp³-hybridized carbons (Fsp3) is 0.462. The zero-order valence-corrected chi connectivity index (χ0v) is 10.1. The Morgan fingerprint density at radius 2 is 2.18 bits per heavy atom. The maximum atomic E-state index is 11.6. The van der Waals surface area contributed by atoms with Crippen molar-refractivity contribution in [1.29, 1.82) is 0 Å². The second-order valence-electron chi connectivity index (χ2n) is 4.18. The van der Waals surface area contributed by atoms with E-state index in [0.717, 1.165) is 11.3 Å². The van der Waals surface area contributed by atoms with Gasteiger partial charge in [-0.1, -0.05) is 18.2 Å². The summed E-state index contributed by atoms with van der Waals surface area (Å²) < 4.78 is 0. The fourth-order valence-corrected chi connectivity index (χ4v) is 1.62. The maximum Gasteiger partial charge on any atom is 0.220 e. The molecule has 0 saturated heterocycles. The Labute approximate surface area is 102 Å². The van der Waals surface area contributed by atoms with E-state index in [0.29, 0.717) is 19.3 Å². The molecule has 0 saturated carbocycles. The van der Waals surface area contributed by atoms with Crippen LogP contribution >= 0.6 is 0 Å². The molecule has 94 valence electrons. The third-order valence-electron chi connectivity index (χ3n) is 2.65. The zero-order valence-electron chi connectivity index (χ0n) is 10.1. The number of aliphatic hydroxyl groups excluding tert-OH is 1. The molecular weight excluding hydrogens is 216 g/mol. The molecular formula is C13H20N2O2. The van der Waals surface area contributed by atoms with E-state index in [-0.39, 0.29) is 18.6 Å². The molecule has 0 aliphatic rings. The van der Waals surface area contributed by atoms with Gasteiger partial charge < -0.3 is 16.2 Å². The van der Waals surface area contributed by atoms with Crippen molar-refractivity contribution in [2.45, 2.75) is 32.2 Å². The highest BCUT2D eigenvalue weighted by Crippen LogP contribution is 2.12. The molecule has 1 atom stereocenters. The first kappa shape index (κ1) is 13.5. The standard InChI is InChI=1S/C13H20N2O2/c1-10(8-9-16)15-13(17)7-6-11-4-2-3-5-12(11)14/h2-5,10,16H,6-9,14H2,1H3,(H,15,17). The summed E-state index contributed by atoms with van der Waals surface area (Å²) in [5, 5.41) is 11.6. The summed E-state index contributed by atoms with van der Waals surface area (Å²) >= 11 is 0. The molecule has 0 spiro atoms. The molecule has 0 aliphatic heterocycles. The molecule has 0 bridgehead atoms. The number of nitrogens with two attached hydrogens (primary N) is 1. The minimum absolute atomic E-state index is 0.00537. The molecule has 4 nitrogen and oxygen atoms in total. The number of rotatable bonds is 6. The largest absolute Gasteiger partial charge is 0.399 e. The number of hydrogen-bond acceptors (Lipinski definition) is 3. The number of amides is 1. The number of aryl methyl sites for hydroxylation is 1. The highest BCUT2D eigenvalue weighted by Gasteiger charge is 2.07. The van der Waals surface area contributed by atoms with Gasteiger partial charge in [-0.25, -0.2) is 0 Å². The SMILES string of the molecule is CC(CCO)NC(=O)CCc1ccccc1N. The van der Waals surface area contributed by atoms with E-state index < -0.39 is 0 Å². The second kappa shape index (κ2) is 6.91. The molecule has 1 aromatic carbocycles. The van der Waals surface area contributed by atoms with Gasteiger partial charge in [-0.05, 0) is 31.4 Å². The highest BCUT2D eigenvalue weighted by atomic mass is 16.3. The third kappa shape index (κ3) is 4.87. The van der Waals surface area contributed by atoms with E-state index in [4.69, 9.17) is 10.8 Å². The Morgan fingerprint density at radius 1 is 1.47 bits per heavy atom. The summed E-state index contributed by atoms with van der Waals surface area (Å²) in [7, 11) is 0. The lowest BCUT2D eigenvalue weighted by Crippen LogP contribution is -2.33. The molecule has 17 heavy (non-hydrogen) atoms. The van der Waals surface area contributed by atoms with Crippen LogP contribution in [0.4, 0.5) is 5.69 Å². The number of carbonyl (C=O) groups excluding carboxylic acids is 1. The summed E-state index contributed by atoms with van der Waals surface area (Å²) in [6, 6.07) is 7.57. The monoisotopic (exact) mass is 236 g/mol. The Bertz CT molecular complexity index is 366. The Kier molecular flexibility index (Phi) is 5.49. The van der Waals surface area contributed by atoms with Crippen LogP contribution in [0.2, 0.25) is 0 Å². The van der Waals surface area contributed by atoms with E-state index in [1.54, 1.807) is 0 Å². The first-order valence-electron chi connectivity index (χ1n) is 5.87. The Morgan fingerprint density at radius 3 is 2.82 bits per heavy atom. The first-order valence-corrected chi connectivity index (χ1v) is 5.87. The number of anilines is 1. The van der Waals surface area contributed by atoms with Crippen molar-refractivity contribution >= 4 is 11.6 Å². The van der Waals surface area contributed by atoms with Crippen molar-refractivity contribution in [2.75, 3.05) is 12.3 Å². The lowest BCUT2D eigenvalue weighted by molar-refractivity contribution is -0.121. The molecule has 0 aromatic heterocycles. The van der Waals surface area contributed by atoms with Gasteiger partial charge in [0.25, 0.3) is 0 Å². The molecule has 4 heteroatoms. The van der Waals surface area contributed by atoms with E-state index in [1.165, 1.54) is 0 Å². The molecule has 1 aromatic rings. The number of aliphatic hydroxyl groups is 1. The summed E-state index contributed by atoms with van der Waals surface area (Å²) in [4.78, 5) is 11.6. The quantitative estimate of drug-likeness (QED) is 0.647. The van der Waals surface area contributed by atoms with Crippen LogP contribution in [0.1, 0.15) is 25.3 Å². The Balaban J connectivity index is 2.36. The predicted octanol–water partition coefficient (Wildman–Crippen LogP) is 1.09. The predicted molar refractivity (Wildman–Crippen MR) is 68.5 cm³/mol. The molecule has 0 fully saturated rings. The van der Waals surface area contributed by atoms with E-state index >= 15 is 0 Å². The summed E-state index contributed by atoms with van der Waals surface area (Å²) in [5.41, 5.74) is 7.51. The van der Waals surface area contributed by atoms with Gasteiger partial charge in [0.1, 0.15) is 0 Å². The molecule has 0 heterocycles. The van der Waals surface area contributed by atoms with Gasteiger partial charge in [0.05, 0.1) is 0 Å². The molecule has 0 aliphatic carbocycles. The first-order chi connectivity index (χ1) is 8.13. The van der Waals surface area contributed by atoms with Gasteiger partial charge in [0.15, 0.2) is 0 Å². The number of para-hydroxylation sites is 1. The van der Waals surface area contributed by atoms with Crippen LogP contribution in [-0.2, 0) is 11.2 Å². The minimum Gasteiger partial charge on any atom is -0.399 e. The second-order valence-corrected chi connectivity index (χ2v) is 4.18. The molecule has 1 unspecified atom stereocenters. The van der Waals surface area contributed by atoms with Gasteiger partial charge in [-0.3, -0.25) is 4.79 Å². The maximum absolute atomic E-state index is 11.6. The molecule has 1 rings (SSSR count). The van der Waals surface area contributed by atoms with Gasteiger partial charge in [-0.15, -0.1) is 0 Å². The van der Waals surface area contributed by atoms with E-state index in [2.05, 4.69) is 5.32 Å². The molecule has 1 amide bonds. The van der Waals surface area contributed by atoms with Crippen LogP contribution in [-0.4, -0.2) is 23.7 Å². The lowest BCUT2D eigenvalue weighted by atomic mass is 10.1. The van der Waals surface area contributed by atoms with Crippen molar-refractivity contribution in [1.82, 2.24) is 5.32 Å². The highest BCUT2D eigenvalue weighted by molar-refractivity contribution is 5.76. The van der Waals surface area contributed by atoms with Crippen molar-refractivity contribution in [3.8, 4) is 0 Å². The van der Waals surface area contributed by atoms with Crippen LogP contribution in [0, 0.1) is 0 Å². The van der Waals surface area contributed by atoms with Crippen LogP contribution in [0.5, 0.6) is 0 Å². The lowest BCUT2D eigenvalue weighted by Gasteiger charge is -2.12. The number of nitrogen functional groups attached to an aromatic ring is 1. The zero-order chi connectivity index (χ0) is 12.7. The van der Waals surface area contributed by atoms with Crippen LogP contribution in [0.25, 0.3) is 0 Å². The van der Waals surface area contributed by atoms with Crippen molar-refractivity contribution in [3.63, 3.8) is 0 Å². The number of benzene rings is 1. The number of nitrogens with one attached hydrogen (secondary N) is 1. The van der Waals surface area contributed by atoms with Crippen molar-refractivity contribution in [2.24, 2.45) is 0 Å². The topological polar surface area (TPSA) is 75.3 Å². The average molecular weight is 236 g/mol. The fourth-order valence-electron chi connectivity index (χ4n) is 1.62. The number of hydrogen-bond donors (Lipinski definition) is 3. The van der Waals surface area contributed by atoms with E-state index in [1.807, 2.05) is 31.2 Å². The van der Waals surface area contributed by atoms with Crippen molar-refractivity contribution in [3.05, 3.63) is 29.8 Å². The van der Waals surface area contributed by atoms with Crippen LogP contribution < -0.4 is 11.1 Å². The van der Waals surface area contributed by atoms with Gasteiger partial charge in [0.2, 0.25) is 5.91 Å². The van der Waals surface area contributed by atoms with Crippen LogP contribution in [0.15, 0.2) is 24.3 Å².